The van der Waals surface area contributed by atoms with Crippen molar-refractivity contribution in [1.82, 2.24) is 0 Å². The number of hydrogen-bond donors (Lipinski definition) is 0. The Bertz CT molecular complexity index is 361. The van der Waals surface area contributed by atoms with E-state index in [1.165, 1.54) is 0 Å². The van der Waals surface area contributed by atoms with E-state index < -0.39 is 0 Å². The molecule has 0 saturated heterocycles. The Morgan fingerprint density at radius 3 is 2.81 bits per heavy atom. The molecule has 0 atom stereocenters. The average Bonchev–Trinajstić information content (AvgIpc) is 2.28. The Labute approximate surface area is 102 Å². The Morgan fingerprint density at radius 1 is 1.44 bits per heavy atom. The number of benzene rings is 1. The first-order chi connectivity index (χ1) is 7.63. The summed E-state index contributed by atoms with van der Waals surface area (Å²) in [7, 11) is 0. The molecule has 0 spiro atoms. The second-order valence-corrected chi connectivity index (χ2v) is 4.16. The van der Waals surface area contributed by atoms with Crippen LogP contribution in [0.25, 0.3) is 0 Å². The van der Waals surface area contributed by atoms with Crippen molar-refractivity contribution < 1.29 is 9.53 Å². The monoisotopic (exact) mass is 240 g/mol. The third kappa shape index (κ3) is 4.23. The highest BCUT2D eigenvalue weighted by Gasteiger charge is 2.00. The van der Waals surface area contributed by atoms with E-state index in [1.54, 1.807) is 0 Å². The van der Waals surface area contributed by atoms with E-state index in [0.717, 1.165) is 22.8 Å². The van der Waals surface area contributed by atoms with Gasteiger partial charge in [-0.15, -0.1) is 0 Å². The van der Waals surface area contributed by atoms with Crippen molar-refractivity contribution in [3.05, 3.63) is 28.8 Å². The van der Waals surface area contributed by atoms with Crippen LogP contribution in [0.5, 0.6) is 5.75 Å². The lowest BCUT2D eigenvalue weighted by Gasteiger charge is -2.07. The average molecular weight is 241 g/mol. The predicted octanol–water partition coefficient (Wildman–Crippen LogP) is 3.79. The Hall–Kier alpha value is -1.02. The minimum atomic E-state index is 0.288. The lowest BCUT2D eigenvalue weighted by molar-refractivity contribution is -0.118. The SMILES string of the molecule is CCC(=O)CCCOc1ccc(Cl)c(C)c1. The van der Waals surface area contributed by atoms with E-state index in [-0.39, 0.29) is 5.78 Å². The summed E-state index contributed by atoms with van der Waals surface area (Å²) in [6, 6.07) is 5.57. The minimum absolute atomic E-state index is 0.288. The summed E-state index contributed by atoms with van der Waals surface area (Å²) in [5, 5.41) is 0.744. The van der Waals surface area contributed by atoms with Gasteiger partial charge in [0.25, 0.3) is 0 Å². The van der Waals surface area contributed by atoms with Crippen molar-refractivity contribution in [3.8, 4) is 5.75 Å². The molecule has 0 fully saturated rings. The van der Waals surface area contributed by atoms with Crippen LogP contribution in [-0.2, 0) is 4.79 Å². The van der Waals surface area contributed by atoms with Gasteiger partial charge in [0.15, 0.2) is 0 Å². The van der Waals surface area contributed by atoms with E-state index in [2.05, 4.69) is 0 Å². The number of halogens is 1. The van der Waals surface area contributed by atoms with Crippen LogP contribution in [0, 0.1) is 6.92 Å². The summed E-state index contributed by atoms with van der Waals surface area (Å²) in [5.74, 6) is 1.10. The number of ketones is 1. The first-order valence-corrected chi connectivity index (χ1v) is 5.92. The summed E-state index contributed by atoms with van der Waals surface area (Å²) in [6.45, 7) is 4.40. The van der Waals surface area contributed by atoms with E-state index in [1.807, 2.05) is 32.0 Å². The molecule has 0 saturated carbocycles. The molecule has 3 heteroatoms. The van der Waals surface area contributed by atoms with Crippen LogP contribution in [-0.4, -0.2) is 12.4 Å². The van der Waals surface area contributed by atoms with E-state index in [9.17, 15) is 4.79 Å². The molecule has 0 amide bonds. The molecule has 0 aromatic heterocycles. The number of carbonyl (C=O) groups is 1. The zero-order chi connectivity index (χ0) is 12.0. The van der Waals surface area contributed by atoms with Crippen molar-refractivity contribution in [2.24, 2.45) is 0 Å². The summed E-state index contributed by atoms with van der Waals surface area (Å²) in [5.41, 5.74) is 1.00. The normalized spacial score (nSPS) is 10.2. The predicted molar refractivity (Wildman–Crippen MR) is 66.2 cm³/mol. The minimum Gasteiger partial charge on any atom is -0.494 e. The number of rotatable bonds is 6. The molecule has 0 bridgehead atoms. The molecular weight excluding hydrogens is 224 g/mol. The maximum absolute atomic E-state index is 11.0. The highest BCUT2D eigenvalue weighted by Crippen LogP contribution is 2.21. The number of aryl methyl sites for hydroxylation is 1. The van der Waals surface area contributed by atoms with Crippen LogP contribution in [0.2, 0.25) is 5.02 Å². The first kappa shape index (κ1) is 13.0. The van der Waals surface area contributed by atoms with Crippen molar-refractivity contribution in [3.63, 3.8) is 0 Å². The summed E-state index contributed by atoms with van der Waals surface area (Å²) in [4.78, 5) is 11.0. The molecule has 0 unspecified atom stereocenters. The molecule has 1 aromatic carbocycles. The Morgan fingerprint density at radius 2 is 2.19 bits per heavy atom. The van der Waals surface area contributed by atoms with E-state index in [0.29, 0.717) is 19.4 Å². The number of carbonyl (C=O) groups excluding carboxylic acids is 1. The first-order valence-electron chi connectivity index (χ1n) is 5.54. The summed E-state index contributed by atoms with van der Waals surface area (Å²) < 4.78 is 5.53. The van der Waals surface area contributed by atoms with Gasteiger partial charge in [-0.3, -0.25) is 4.79 Å². The molecule has 0 N–H and O–H groups in total. The lowest BCUT2D eigenvalue weighted by Crippen LogP contribution is -2.02. The molecule has 0 aliphatic rings. The van der Waals surface area contributed by atoms with Crippen molar-refractivity contribution in [1.29, 1.82) is 0 Å². The van der Waals surface area contributed by atoms with Gasteiger partial charge in [-0.05, 0) is 37.1 Å². The van der Waals surface area contributed by atoms with Crippen LogP contribution < -0.4 is 4.74 Å². The topological polar surface area (TPSA) is 26.3 Å². The fourth-order valence-corrected chi connectivity index (χ4v) is 1.46. The summed E-state index contributed by atoms with van der Waals surface area (Å²) >= 11 is 5.90. The fourth-order valence-electron chi connectivity index (χ4n) is 1.34. The highest BCUT2D eigenvalue weighted by molar-refractivity contribution is 6.31. The van der Waals surface area contributed by atoms with E-state index in [4.69, 9.17) is 16.3 Å². The largest absolute Gasteiger partial charge is 0.494 e. The van der Waals surface area contributed by atoms with Crippen LogP contribution in [0.1, 0.15) is 31.7 Å². The maximum atomic E-state index is 11.0. The van der Waals surface area contributed by atoms with Gasteiger partial charge in [0.05, 0.1) is 6.61 Å². The van der Waals surface area contributed by atoms with Gasteiger partial charge >= 0.3 is 0 Å². The van der Waals surface area contributed by atoms with Gasteiger partial charge in [-0.25, -0.2) is 0 Å². The zero-order valence-electron chi connectivity index (χ0n) is 9.75. The molecule has 0 heterocycles. The maximum Gasteiger partial charge on any atom is 0.132 e. The van der Waals surface area contributed by atoms with Gasteiger partial charge in [0.2, 0.25) is 0 Å². The molecule has 1 aromatic rings. The molecule has 0 aliphatic heterocycles. The fraction of sp³-hybridized carbons (Fsp3) is 0.462. The van der Waals surface area contributed by atoms with Gasteiger partial charge < -0.3 is 4.74 Å². The number of ether oxygens (including phenoxy) is 1. The van der Waals surface area contributed by atoms with Crippen LogP contribution in [0.3, 0.4) is 0 Å². The lowest BCUT2D eigenvalue weighted by atomic mass is 10.2. The molecule has 16 heavy (non-hydrogen) atoms. The van der Waals surface area contributed by atoms with Crippen molar-refractivity contribution in [2.45, 2.75) is 33.1 Å². The second kappa shape index (κ2) is 6.54. The Kier molecular flexibility index (Phi) is 5.33. The number of Topliss-reactive ketones (excluding diaryl/α,β-unsaturated/α-hetero) is 1. The van der Waals surface area contributed by atoms with Gasteiger partial charge in [-0.1, -0.05) is 18.5 Å². The second-order valence-electron chi connectivity index (χ2n) is 3.76. The molecule has 2 nitrogen and oxygen atoms in total. The molecular formula is C13H17ClO2. The van der Waals surface area contributed by atoms with Gasteiger partial charge in [0.1, 0.15) is 11.5 Å². The molecule has 88 valence electrons. The van der Waals surface area contributed by atoms with Crippen LogP contribution in [0.15, 0.2) is 18.2 Å². The van der Waals surface area contributed by atoms with Crippen molar-refractivity contribution in [2.75, 3.05) is 6.61 Å². The van der Waals surface area contributed by atoms with Gasteiger partial charge in [0, 0.05) is 17.9 Å². The van der Waals surface area contributed by atoms with E-state index >= 15 is 0 Å². The third-order valence-electron chi connectivity index (χ3n) is 2.39. The smallest absolute Gasteiger partial charge is 0.132 e. The molecule has 0 aliphatic carbocycles. The quantitative estimate of drug-likeness (QED) is 0.708. The Balaban J connectivity index is 2.32. The molecule has 0 radical (unpaired) electrons. The number of hydrogen-bond acceptors (Lipinski definition) is 2. The van der Waals surface area contributed by atoms with Gasteiger partial charge in [-0.2, -0.15) is 0 Å². The highest BCUT2D eigenvalue weighted by atomic mass is 35.5. The van der Waals surface area contributed by atoms with Crippen molar-refractivity contribution >= 4 is 17.4 Å². The van der Waals surface area contributed by atoms with Crippen LogP contribution >= 0.6 is 11.6 Å². The van der Waals surface area contributed by atoms with Crippen LogP contribution in [0.4, 0.5) is 0 Å². The third-order valence-corrected chi connectivity index (χ3v) is 2.82. The zero-order valence-corrected chi connectivity index (χ0v) is 10.5. The standard InChI is InChI=1S/C13H17ClO2/c1-3-11(15)5-4-8-16-12-6-7-13(14)10(2)9-12/h6-7,9H,3-5,8H2,1-2H3. The summed E-state index contributed by atoms with van der Waals surface area (Å²) in [6.07, 6.45) is 1.98. The molecule has 1 rings (SSSR count).